The quantitative estimate of drug-likeness (QED) is 0.230. The van der Waals surface area contributed by atoms with Gasteiger partial charge in [0.25, 0.3) is 0 Å². The summed E-state index contributed by atoms with van der Waals surface area (Å²) in [5, 5.41) is 0. The molecule has 2 aliphatic heterocycles. The summed E-state index contributed by atoms with van der Waals surface area (Å²) in [4.78, 5) is 0. The molecule has 6 aliphatic rings. The monoisotopic (exact) mass is 758 g/mol. The van der Waals surface area contributed by atoms with Crippen LogP contribution in [0.1, 0.15) is 72.9 Å². The number of allylic oxidation sites excluding steroid dienone is 12. The maximum atomic E-state index is 6.03. The average Bonchev–Trinajstić information content (AvgIpc) is 3.69. The Labute approximate surface area is 317 Å². The Bertz CT molecular complexity index is 1730. The SMILES string of the molecule is CCC1=CC2=C(c3cc(C)cc(C)c3)C3=C(CC2=[C-]1)OCCO3.CCC1=CC2=C(c3cc(C)cc(C)c3)C3=C(CC2=[C-]1)OCCO3.[CH3-].[CH3-].[Si]=[Zr]. The number of fused-ring (bicyclic) bond motifs is 2. The normalized spacial score (nSPS) is 18.1. The molecule has 0 saturated carbocycles. The topological polar surface area (TPSA) is 36.9 Å². The number of benzene rings is 2. The molecule has 0 saturated heterocycles. The molecule has 4 nitrogen and oxygen atoms in total. The van der Waals surface area contributed by atoms with E-state index in [0.717, 1.165) is 48.7 Å². The summed E-state index contributed by atoms with van der Waals surface area (Å²) in [5.74, 6) is 3.77. The second kappa shape index (κ2) is 17.2. The van der Waals surface area contributed by atoms with Crippen LogP contribution in [0.25, 0.3) is 11.1 Å². The van der Waals surface area contributed by atoms with Crippen LogP contribution >= 0.6 is 0 Å². The van der Waals surface area contributed by atoms with Crippen LogP contribution in [0.3, 0.4) is 0 Å². The zero-order chi connectivity index (χ0) is 33.9. The van der Waals surface area contributed by atoms with Gasteiger partial charge in [0, 0.05) is 12.8 Å². The van der Waals surface area contributed by atoms with Crippen molar-refractivity contribution in [3.05, 3.63) is 165 Å². The van der Waals surface area contributed by atoms with Gasteiger partial charge in [-0.1, -0.05) is 85.3 Å². The Morgan fingerprint density at radius 3 is 1.24 bits per heavy atom. The summed E-state index contributed by atoms with van der Waals surface area (Å²) in [6.07, 6.45) is 15.2. The average molecular weight is 760 g/mol. The first-order valence-corrected chi connectivity index (χ1v) is 21.1. The van der Waals surface area contributed by atoms with Crippen LogP contribution in [-0.4, -0.2) is 33.3 Å². The fourth-order valence-corrected chi connectivity index (χ4v) is 7.20. The van der Waals surface area contributed by atoms with Gasteiger partial charge in [0.2, 0.25) is 0 Å². The molecule has 0 atom stereocenters. The van der Waals surface area contributed by atoms with E-state index in [-0.39, 0.29) is 14.9 Å². The van der Waals surface area contributed by atoms with Crippen molar-refractivity contribution in [2.24, 2.45) is 0 Å². The summed E-state index contributed by atoms with van der Waals surface area (Å²) < 4.78 is 23.9. The van der Waals surface area contributed by atoms with Gasteiger partial charge in [-0.05, 0) is 50.0 Å². The van der Waals surface area contributed by atoms with Gasteiger partial charge in [0.05, 0.1) is 0 Å². The van der Waals surface area contributed by atoms with Crippen molar-refractivity contribution in [3.8, 4) is 0 Å². The predicted octanol–water partition coefficient (Wildman–Crippen LogP) is 10.1. The van der Waals surface area contributed by atoms with Crippen molar-refractivity contribution >= 4 is 18.0 Å². The first-order valence-electron chi connectivity index (χ1n) is 16.9. The van der Waals surface area contributed by atoms with Crippen molar-refractivity contribution in [2.75, 3.05) is 26.4 Å². The van der Waals surface area contributed by atoms with Crippen LogP contribution in [0.5, 0.6) is 0 Å². The molecule has 2 radical (unpaired) electrons. The van der Waals surface area contributed by atoms with Gasteiger partial charge in [-0.15, -0.1) is 0 Å². The first-order chi connectivity index (χ1) is 23.3. The maximum absolute atomic E-state index is 6.03. The van der Waals surface area contributed by atoms with E-state index >= 15 is 0 Å². The van der Waals surface area contributed by atoms with E-state index in [9.17, 15) is 0 Å². The van der Waals surface area contributed by atoms with Crippen LogP contribution in [0.2, 0.25) is 0 Å². The molecule has 8 rings (SSSR count). The molecule has 0 bridgehead atoms. The zero-order valence-corrected chi connectivity index (χ0v) is 34.4. The molecule has 0 N–H and O–H groups in total. The Kier molecular flexibility index (Phi) is 13.6. The molecule has 4 aliphatic carbocycles. The Hall–Kier alpha value is -3.34. The Balaban J connectivity index is 0.000000206. The van der Waals surface area contributed by atoms with Gasteiger partial charge < -0.3 is 33.8 Å². The van der Waals surface area contributed by atoms with Crippen LogP contribution in [-0.2, 0) is 42.3 Å². The third-order valence-electron chi connectivity index (χ3n) is 9.08. The van der Waals surface area contributed by atoms with Crippen molar-refractivity contribution in [1.82, 2.24) is 0 Å². The van der Waals surface area contributed by atoms with Crippen molar-refractivity contribution in [1.29, 1.82) is 0 Å². The molecule has 2 aromatic rings. The third-order valence-corrected chi connectivity index (χ3v) is 9.08. The van der Waals surface area contributed by atoms with Crippen LogP contribution < -0.4 is 0 Å². The van der Waals surface area contributed by atoms with Crippen molar-refractivity contribution in [3.63, 3.8) is 0 Å². The summed E-state index contributed by atoms with van der Waals surface area (Å²) in [7, 11) is 0. The molecule has 260 valence electrons. The van der Waals surface area contributed by atoms with Gasteiger partial charge in [0.15, 0.2) is 11.5 Å². The predicted molar refractivity (Wildman–Crippen MR) is 202 cm³/mol. The van der Waals surface area contributed by atoms with E-state index in [0.29, 0.717) is 26.4 Å². The first kappa shape index (κ1) is 39.4. The molecule has 0 amide bonds. The number of aryl methyl sites for hydroxylation is 4. The standard InChI is InChI=1S/2C21H21O2.2CH3.Si.Zr/c2*1-4-15-10-16-12-19-21(23-6-5-22-19)20(18(16)11-15)17-8-13(2)7-14(3)9-17;;;;/h2*7-9,11H,4-6,12H2,1-3H3;2*1H3;;/q4*-1;;. The van der Waals surface area contributed by atoms with E-state index in [4.69, 9.17) is 18.9 Å². The molecule has 2 heterocycles. The van der Waals surface area contributed by atoms with Gasteiger partial charge in [-0.3, -0.25) is 0 Å². The van der Waals surface area contributed by atoms with Crippen LogP contribution in [0.15, 0.2) is 105 Å². The third kappa shape index (κ3) is 8.08. The van der Waals surface area contributed by atoms with Gasteiger partial charge in [-0.2, -0.15) is 45.6 Å². The zero-order valence-electron chi connectivity index (χ0n) is 30.9. The number of rotatable bonds is 4. The van der Waals surface area contributed by atoms with E-state index in [1.807, 2.05) is 0 Å². The summed E-state index contributed by atoms with van der Waals surface area (Å²) in [6, 6.07) is 13.3. The fraction of sp³-hybridized carbons (Fsp3) is 0.318. The van der Waals surface area contributed by atoms with E-state index in [1.54, 1.807) is 0 Å². The molecule has 0 fully saturated rings. The van der Waals surface area contributed by atoms with Gasteiger partial charge >= 0.3 is 30.2 Å². The number of hydrogen-bond acceptors (Lipinski definition) is 4. The van der Waals surface area contributed by atoms with E-state index in [1.165, 1.54) is 101 Å². The van der Waals surface area contributed by atoms with Crippen LogP contribution in [0, 0.1) is 54.7 Å². The number of hydrogen-bond donors (Lipinski definition) is 0. The minimum absolute atomic E-state index is 0. The summed E-state index contributed by atoms with van der Waals surface area (Å²) in [5.41, 5.74) is 17.4. The fourth-order valence-electron chi connectivity index (χ4n) is 7.20. The van der Waals surface area contributed by atoms with E-state index in [2.05, 4.69) is 109 Å². The number of ether oxygens (including phenoxy) is 4. The summed E-state index contributed by atoms with van der Waals surface area (Å²) in [6.45, 7) is 18.5. The van der Waals surface area contributed by atoms with Crippen molar-refractivity contribution in [2.45, 2.75) is 67.2 Å². The molecular formula is C44H48O4SiZr-4. The second-order valence-corrected chi connectivity index (χ2v) is 12.8. The Morgan fingerprint density at radius 2 is 0.900 bits per heavy atom. The minimum atomic E-state index is 0. The van der Waals surface area contributed by atoms with Gasteiger partial charge in [0.1, 0.15) is 37.9 Å². The molecule has 6 heteroatoms. The molecule has 50 heavy (non-hydrogen) atoms. The van der Waals surface area contributed by atoms with Crippen LogP contribution in [0.4, 0.5) is 0 Å². The Morgan fingerprint density at radius 1 is 0.560 bits per heavy atom. The van der Waals surface area contributed by atoms with Crippen molar-refractivity contribution < 1.29 is 42.3 Å². The molecule has 0 spiro atoms. The molecule has 2 aromatic carbocycles. The molecular weight excluding hydrogens is 712 g/mol. The van der Waals surface area contributed by atoms with Gasteiger partial charge in [-0.25, -0.2) is 12.2 Å². The molecule has 0 aromatic heterocycles. The second-order valence-electron chi connectivity index (χ2n) is 12.8. The summed E-state index contributed by atoms with van der Waals surface area (Å²) >= 11 is 1.36. The van der Waals surface area contributed by atoms with E-state index < -0.39 is 0 Å². The molecule has 0 unspecified atom stereocenters.